The molecule has 1 aliphatic carbocycles. The number of unbranched alkanes of at least 4 members (excludes halogenated alkanes) is 1. The molecule has 0 aromatic heterocycles. The molecule has 1 fully saturated rings. The summed E-state index contributed by atoms with van der Waals surface area (Å²) in [5.41, 5.74) is 0. The second kappa shape index (κ2) is 6.86. The van der Waals surface area contributed by atoms with Gasteiger partial charge in [-0.05, 0) is 26.2 Å². The van der Waals surface area contributed by atoms with Crippen LogP contribution in [0.1, 0.15) is 65.2 Å². The summed E-state index contributed by atoms with van der Waals surface area (Å²) in [6.45, 7) is 4.31. The lowest BCUT2D eigenvalue weighted by Gasteiger charge is -2.23. The highest BCUT2D eigenvalue weighted by molar-refractivity contribution is 5.78. The van der Waals surface area contributed by atoms with Crippen molar-refractivity contribution >= 4 is 5.91 Å². The van der Waals surface area contributed by atoms with E-state index in [9.17, 15) is 4.79 Å². The van der Waals surface area contributed by atoms with E-state index < -0.39 is 0 Å². The van der Waals surface area contributed by atoms with Crippen molar-refractivity contribution in [3.8, 4) is 0 Å². The molecule has 1 unspecified atom stereocenters. The van der Waals surface area contributed by atoms with Gasteiger partial charge in [-0.2, -0.15) is 0 Å². The molecule has 0 bridgehead atoms. The molecule has 1 N–H and O–H groups in total. The number of carbonyl (C=O) groups excluding carboxylic acids is 1. The Labute approximate surface area is 93.8 Å². The van der Waals surface area contributed by atoms with Gasteiger partial charge in [-0.15, -0.1) is 0 Å². The Morgan fingerprint density at radius 3 is 2.60 bits per heavy atom. The number of hydrogen-bond acceptors (Lipinski definition) is 1. The van der Waals surface area contributed by atoms with Gasteiger partial charge in [0.2, 0.25) is 5.91 Å². The van der Waals surface area contributed by atoms with Crippen LogP contribution < -0.4 is 5.32 Å². The van der Waals surface area contributed by atoms with Crippen LogP contribution in [-0.2, 0) is 4.79 Å². The van der Waals surface area contributed by atoms with Gasteiger partial charge in [-0.3, -0.25) is 4.79 Å². The molecule has 1 rings (SSSR count). The fourth-order valence-corrected chi connectivity index (χ4v) is 2.31. The molecule has 0 spiro atoms. The van der Waals surface area contributed by atoms with Crippen molar-refractivity contribution in [2.75, 3.05) is 0 Å². The monoisotopic (exact) mass is 211 g/mol. The number of amides is 1. The molecule has 0 saturated heterocycles. The molecule has 0 aliphatic heterocycles. The Balaban J connectivity index is 2.21. The van der Waals surface area contributed by atoms with E-state index in [2.05, 4.69) is 19.2 Å². The third-order valence-electron chi connectivity index (χ3n) is 3.36. The Morgan fingerprint density at radius 1 is 1.33 bits per heavy atom. The van der Waals surface area contributed by atoms with E-state index in [1.54, 1.807) is 0 Å². The van der Waals surface area contributed by atoms with E-state index in [1.807, 2.05) is 0 Å². The maximum absolute atomic E-state index is 11.9. The normalized spacial score (nSPS) is 19.9. The van der Waals surface area contributed by atoms with Crippen LogP contribution in [0.2, 0.25) is 0 Å². The van der Waals surface area contributed by atoms with Crippen LogP contribution >= 0.6 is 0 Å². The van der Waals surface area contributed by atoms with Gasteiger partial charge in [0.15, 0.2) is 0 Å². The van der Waals surface area contributed by atoms with Crippen LogP contribution in [0.15, 0.2) is 0 Å². The highest BCUT2D eigenvalue weighted by atomic mass is 16.1. The lowest BCUT2D eigenvalue weighted by molar-refractivity contribution is -0.126. The molecular formula is C13H25NO. The van der Waals surface area contributed by atoms with Gasteiger partial charge < -0.3 is 5.32 Å². The maximum Gasteiger partial charge on any atom is 0.223 e. The summed E-state index contributed by atoms with van der Waals surface area (Å²) in [4.78, 5) is 11.9. The summed E-state index contributed by atoms with van der Waals surface area (Å²) >= 11 is 0. The molecule has 15 heavy (non-hydrogen) atoms. The first-order chi connectivity index (χ1) is 7.24. The van der Waals surface area contributed by atoms with Crippen molar-refractivity contribution in [2.24, 2.45) is 5.92 Å². The standard InChI is InChI=1S/C13H25NO/c1-3-4-8-11(2)14-13(15)12-9-6-5-7-10-12/h11-12H,3-10H2,1-2H3,(H,14,15). The topological polar surface area (TPSA) is 29.1 Å². The minimum atomic E-state index is 0.304. The lowest BCUT2D eigenvalue weighted by Crippen LogP contribution is -2.37. The van der Waals surface area contributed by atoms with Gasteiger partial charge in [-0.25, -0.2) is 0 Å². The fourth-order valence-electron chi connectivity index (χ4n) is 2.31. The smallest absolute Gasteiger partial charge is 0.223 e. The number of hydrogen-bond donors (Lipinski definition) is 1. The van der Waals surface area contributed by atoms with Crippen LogP contribution in [0.3, 0.4) is 0 Å². The molecule has 0 aromatic carbocycles. The third kappa shape index (κ3) is 4.67. The molecule has 0 heterocycles. The fraction of sp³-hybridized carbons (Fsp3) is 0.923. The number of carbonyl (C=O) groups is 1. The van der Waals surface area contributed by atoms with Gasteiger partial charge in [0.25, 0.3) is 0 Å². The molecule has 88 valence electrons. The number of rotatable bonds is 5. The van der Waals surface area contributed by atoms with E-state index >= 15 is 0 Å². The second-order valence-electron chi connectivity index (χ2n) is 4.89. The van der Waals surface area contributed by atoms with Gasteiger partial charge in [0.05, 0.1) is 0 Å². The van der Waals surface area contributed by atoms with E-state index in [-0.39, 0.29) is 0 Å². The zero-order valence-corrected chi connectivity index (χ0v) is 10.2. The predicted octanol–water partition coefficient (Wildman–Crippen LogP) is 3.26. The zero-order valence-electron chi connectivity index (χ0n) is 10.2. The van der Waals surface area contributed by atoms with Crippen LogP contribution in [0.4, 0.5) is 0 Å². The van der Waals surface area contributed by atoms with Gasteiger partial charge in [0, 0.05) is 12.0 Å². The molecule has 2 nitrogen and oxygen atoms in total. The average Bonchev–Trinajstić information content (AvgIpc) is 2.27. The predicted molar refractivity (Wildman–Crippen MR) is 63.7 cm³/mol. The van der Waals surface area contributed by atoms with Gasteiger partial charge >= 0.3 is 0 Å². The van der Waals surface area contributed by atoms with Crippen LogP contribution in [0.25, 0.3) is 0 Å². The van der Waals surface area contributed by atoms with Gasteiger partial charge in [0.1, 0.15) is 0 Å². The summed E-state index contributed by atoms with van der Waals surface area (Å²) in [5.74, 6) is 0.612. The first-order valence-electron chi connectivity index (χ1n) is 6.54. The maximum atomic E-state index is 11.9. The Kier molecular flexibility index (Phi) is 5.74. The minimum Gasteiger partial charge on any atom is -0.353 e. The molecule has 0 radical (unpaired) electrons. The van der Waals surface area contributed by atoms with Gasteiger partial charge in [-0.1, -0.05) is 39.0 Å². The largest absolute Gasteiger partial charge is 0.353 e. The van der Waals surface area contributed by atoms with Crippen LogP contribution in [0, 0.1) is 5.92 Å². The highest BCUT2D eigenvalue weighted by Gasteiger charge is 2.21. The Morgan fingerprint density at radius 2 is 2.00 bits per heavy atom. The van der Waals surface area contributed by atoms with Crippen molar-refractivity contribution in [3.05, 3.63) is 0 Å². The summed E-state index contributed by atoms with van der Waals surface area (Å²) in [5, 5.41) is 3.15. The summed E-state index contributed by atoms with van der Waals surface area (Å²) < 4.78 is 0. The molecule has 2 heteroatoms. The first-order valence-corrected chi connectivity index (χ1v) is 6.54. The number of nitrogens with one attached hydrogen (secondary N) is 1. The van der Waals surface area contributed by atoms with Crippen molar-refractivity contribution in [3.63, 3.8) is 0 Å². The quantitative estimate of drug-likeness (QED) is 0.743. The molecule has 1 atom stereocenters. The van der Waals surface area contributed by atoms with E-state index in [0.717, 1.165) is 19.3 Å². The van der Waals surface area contributed by atoms with Crippen molar-refractivity contribution in [1.29, 1.82) is 0 Å². The SMILES string of the molecule is CCCCC(C)NC(=O)C1CCCCC1. The van der Waals surface area contributed by atoms with Crippen LogP contribution in [-0.4, -0.2) is 11.9 Å². The zero-order chi connectivity index (χ0) is 11.1. The summed E-state index contributed by atoms with van der Waals surface area (Å²) in [6.07, 6.45) is 9.54. The van der Waals surface area contributed by atoms with E-state index in [1.165, 1.54) is 32.1 Å². The van der Waals surface area contributed by atoms with E-state index in [0.29, 0.717) is 17.9 Å². The summed E-state index contributed by atoms with van der Waals surface area (Å²) in [6, 6.07) is 0.361. The van der Waals surface area contributed by atoms with Crippen LogP contribution in [0.5, 0.6) is 0 Å². The molecule has 1 saturated carbocycles. The second-order valence-corrected chi connectivity index (χ2v) is 4.89. The summed E-state index contributed by atoms with van der Waals surface area (Å²) in [7, 11) is 0. The highest BCUT2D eigenvalue weighted by Crippen LogP contribution is 2.23. The molecular weight excluding hydrogens is 186 g/mol. The Bertz CT molecular complexity index is 185. The van der Waals surface area contributed by atoms with Crippen molar-refractivity contribution in [1.82, 2.24) is 5.32 Å². The molecule has 1 aliphatic rings. The minimum absolute atomic E-state index is 0.304. The van der Waals surface area contributed by atoms with E-state index in [4.69, 9.17) is 0 Å². The van der Waals surface area contributed by atoms with Crippen molar-refractivity contribution < 1.29 is 4.79 Å². The first kappa shape index (κ1) is 12.5. The lowest BCUT2D eigenvalue weighted by atomic mass is 9.88. The molecule has 1 amide bonds. The van der Waals surface area contributed by atoms with Crippen molar-refractivity contribution in [2.45, 2.75) is 71.3 Å². The molecule has 0 aromatic rings. The third-order valence-corrected chi connectivity index (χ3v) is 3.36. The average molecular weight is 211 g/mol. The Hall–Kier alpha value is -0.530.